The van der Waals surface area contributed by atoms with Gasteiger partial charge in [0.05, 0.1) is 5.41 Å². The minimum Gasteiger partial charge on any atom is -0.343 e. The molecule has 1 fully saturated rings. The Morgan fingerprint density at radius 3 is 2.57 bits per heavy atom. The normalized spacial score (nSPS) is 19.3. The number of fused-ring (bicyclic) bond motifs is 2. The van der Waals surface area contributed by atoms with Crippen LogP contribution in [0, 0.1) is 0 Å². The predicted molar refractivity (Wildman–Crippen MR) is 78.2 cm³/mol. The zero-order valence-electron chi connectivity index (χ0n) is 12.4. The van der Waals surface area contributed by atoms with E-state index >= 15 is 0 Å². The van der Waals surface area contributed by atoms with Crippen LogP contribution in [0.2, 0.25) is 0 Å². The second kappa shape index (κ2) is 5.54. The number of anilines is 1. The number of nitrogens with one attached hydrogen (secondary N) is 2. The Hall–Kier alpha value is -2.05. The van der Waals surface area contributed by atoms with Crippen LogP contribution in [-0.4, -0.2) is 24.5 Å². The summed E-state index contributed by atoms with van der Waals surface area (Å²) in [6, 6.07) is 4.59. The molecule has 0 radical (unpaired) electrons. The van der Waals surface area contributed by atoms with Crippen LogP contribution in [0.3, 0.4) is 0 Å². The van der Waals surface area contributed by atoms with E-state index in [2.05, 4.69) is 5.32 Å². The van der Waals surface area contributed by atoms with Crippen molar-refractivity contribution in [3.8, 4) is 0 Å². The second-order valence-corrected chi connectivity index (χ2v) is 6.16. The van der Waals surface area contributed by atoms with E-state index in [0.717, 1.165) is 24.8 Å². The third kappa shape index (κ3) is 2.92. The lowest BCUT2D eigenvalue weighted by molar-refractivity contribution is -0.123. The number of halogens is 3. The van der Waals surface area contributed by atoms with Gasteiger partial charge < -0.3 is 10.6 Å². The van der Waals surface area contributed by atoms with E-state index < -0.39 is 24.0 Å². The molecule has 23 heavy (non-hydrogen) atoms. The monoisotopic (exact) mass is 326 g/mol. The summed E-state index contributed by atoms with van der Waals surface area (Å²) in [7, 11) is 0. The zero-order valence-corrected chi connectivity index (χ0v) is 12.4. The molecular weight excluding hydrogens is 309 g/mol. The van der Waals surface area contributed by atoms with Crippen LogP contribution in [0.1, 0.15) is 48.0 Å². The van der Waals surface area contributed by atoms with Gasteiger partial charge in [0, 0.05) is 11.3 Å². The molecule has 1 aliphatic heterocycles. The Morgan fingerprint density at radius 1 is 1.22 bits per heavy atom. The van der Waals surface area contributed by atoms with Crippen molar-refractivity contribution in [3.05, 3.63) is 29.3 Å². The first-order chi connectivity index (χ1) is 10.8. The maximum Gasteiger partial charge on any atom is 0.405 e. The number of hydrogen-bond acceptors (Lipinski definition) is 2. The van der Waals surface area contributed by atoms with Gasteiger partial charge in [0.1, 0.15) is 6.54 Å². The molecule has 4 nitrogen and oxygen atoms in total. The highest BCUT2D eigenvalue weighted by Crippen LogP contribution is 2.47. The maximum absolute atomic E-state index is 12.4. The second-order valence-electron chi connectivity index (χ2n) is 6.16. The Kier molecular flexibility index (Phi) is 3.82. The fraction of sp³-hybridized carbons (Fsp3) is 0.500. The summed E-state index contributed by atoms with van der Waals surface area (Å²) >= 11 is 0. The minimum atomic E-state index is -4.45. The number of amides is 2. The molecule has 3 rings (SSSR count). The van der Waals surface area contributed by atoms with E-state index in [9.17, 15) is 22.8 Å². The molecule has 1 aromatic rings. The number of rotatable bonds is 2. The number of carbonyl (C=O) groups excluding carboxylic acids is 2. The first-order valence-corrected chi connectivity index (χ1v) is 7.63. The molecule has 2 N–H and O–H groups in total. The summed E-state index contributed by atoms with van der Waals surface area (Å²) < 4.78 is 36.7. The van der Waals surface area contributed by atoms with Crippen LogP contribution in [0.15, 0.2) is 18.2 Å². The summed E-state index contributed by atoms with van der Waals surface area (Å²) in [4.78, 5) is 24.3. The molecule has 1 saturated carbocycles. The van der Waals surface area contributed by atoms with Crippen molar-refractivity contribution >= 4 is 17.5 Å². The van der Waals surface area contributed by atoms with Gasteiger partial charge in [-0.1, -0.05) is 19.3 Å². The quantitative estimate of drug-likeness (QED) is 0.877. The van der Waals surface area contributed by atoms with Gasteiger partial charge in [0.2, 0.25) is 5.91 Å². The topological polar surface area (TPSA) is 58.2 Å². The van der Waals surface area contributed by atoms with Crippen LogP contribution in [0.4, 0.5) is 18.9 Å². The van der Waals surface area contributed by atoms with E-state index in [1.165, 1.54) is 6.07 Å². The number of hydrogen-bond donors (Lipinski definition) is 2. The van der Waals surface area contributed by atoms with Crippen molar-refractivity contribution in [2.75, 3.05) is 11.9 Å². The van der Waals surface area contributed by atoms with E-state index in [0.29, 0.717) is 18.5 Å². The highest BCUT2D eigenvalue weighted by Gasteiger charge is 2.47. The summed E-state index contributed by atoms with van der Waals surface area (Å²) in [5.41, 5.74) is 0.911. The molecule has 1 heterocycles. The Morgan fingerprint density at radius 2 is 1.91 bits per heavy atom. The first-order valence-electron chi connectivity index (χ1n) is 7.63. The Bertz CT molecular complexity index is 649. The van der Waals surface area contributed by atoms with Crippen LogP contribution in [-0.2, 0) is 10.2 Å². The molecule has 2 aliphatic rings. The van der Waals surface area contributed by atoms with Crippen LogP contribution in [0.25, 0.3) is 0 Å². The minimum absolute atomic E-state index is 0.0694. The largest absolute Gasteiger partial charge is 0.405 e. The molecule has 0 unspecified atom stereocenters. The van der Waals surface area contributed by atoms with E-state index in [1.807, 2.05) is 5.32 Å². The molecule has 0 saturated heterocycles. The van der Waals surface area contributed by atoms with Crippen LogP contribution in [0.5, 0.6) is 0 Å². The van der Waals surface area contributed by atoms with Gasteiger partial charge in [-0.05, 0) is 36.6 Å². The van der Waals surface area contributed by atoms with Gasteiger partial charge in [0.25, 0.3) is 5.91 Å². The molecule has 124 valence electrons. The Labute approximate surface area is 131 Å². The Balaban J connectivity index is 1.87. The van der Waals surface area contributed by atoms with Crippen molar-refractivity contribution in [2.45, 2.75) is 43.7 Å². The van der Waals surface area contributed by atoms with Gasteiger partial charge in [-0.2, -0.15) is 13.2 Å². The van der Waals surface area contributed by atoms with Crippen LogP contribution < -0.4 is 10.6 Å². The lowest BCUT2D eigenvalue weighted by atomic mass is 9.70. The average molecular weight is 326 g/mol. The molecule has 0 aromatic heterocycles. The van der Waals surface area contributed by atoms with Crippen LogP contribution >= 0.6 is 0 Å². The van der Waals surface area contributed by atoms with Gasteiger partial charge in [-0.3, -0.25) is 9.59 Å². The highest BCUT2D eigenvalue weighted by atomic mass is 19.4. The van der Waals surface area contributed by atoms with E-state index in [4.69, 9.17) is 0 Å². The molecule has 1 aromatic carbocycles. The highest BCUT2D eigenvalue weighted by molar-refractivity contribution is 6.07. The molecule has 1 spiro atoms. The SMILES string of the molecule is O=C(NCC(F)(F)F)c1ccc2c(c1)C1(CCCCC1)C(=O)N2. The molecule has 0 atom stereocenters. The summed E-state index contributed by atoms with van der Waals surface area (Å²) in [6.07, 6.45) is -0.113. The van der Waals surface area contributed by atoms with Gasteiger partial charge in [-0.25, -0.2) is 0 Å². The van der Waals surface area contributed by atoms with Crippen molar-refractivity contribution in [1.29, 1.82) is 0 Å². The van der Waals surface area contributed by atoms with Gasteiger partial charge in [-0.15, -0.1) is 0 Å². The lowest BCUT2D eigenvalue weighted by Gasteiger charge is -2.31. The fourth-order valence-electron chi connectivity index (χ4n) is 3.49. The number of benzene rings is 1. The summed E-state index contributed by atoms with van der Waals surface area (Å²) in [5, 5.41) is 4.69. The fourth-order valence-corrected chi connectivity index (χ4v) is 3.49. The third-order valence-corrected chi connectivity index (χ3v) is 4.64. The van der Waals surface area contributed by atoms with Crippen molar-refractivity contribution in [2.24, 2.45) is 0 Å². The standard InChI is InChI=1S/C16H17F3N2O2/c17-16(18,19)9-20-13(22)10-4-5-12-11(8-10)15(14(23)21-12)6-2-1-3-7-15/h4-5,8H,1-3,6-7,9H2,(H,20,22)(H,21,23). The molecule has 7 heteroatoms. The molecular formula is C16H17F3N2O2. The van der Waals surface area contributed by atoms with E-state index in [1.54, 1.807) is 12.1 Å². The van der Waals surface area contributed by atoms with Gasteiger partial charge >= 0.3 is 6.18 Å². The van der Waals surface area contributed by atoms with Crippen molar-refractivity contribution in [1.82, 2.24) is 5.32 Å². The van der Waals surface area contributed by atoms with E-state index in [-0.39, 0.29) is 11.5 Å². The lowest BCUT2D eigenvalue weighted by Crippen LogP contribution is -2.36. The zero-order chi connectivity index (χ0) is 16.7. The summed E-state index contributed by atoms with van der Waals surface area (Å²) in [5.74, 6) is -0.851. The van der Waals surface area contributed by atoms with Gasteiger partial charge in [0.15, 0.2) is 0 Å². The smallest absolute Gasteiger partial charge is 0.343 e. The third-order valence-electron chi connectivity index (χ3n) is 4.64. The molecule has 0 bridgehead atoms. The molecule has 1 aliphatic carbocycles. The summed E-state index contributed by atoms with van der Waals surface area (Å²) in [6.45, 7) is -1.37. The average Bonchev–Trinajstić information content (AvgIpc) is 2.77. The number of alkyl halides is 3. The maximum atomic E-state index is 12.4. The van der Waals surface area contributed by atoms with Crippen molar-refractivity contribution < 1.29 is 22.8 Å². The first kappa shape index (κ1) is 15.8. The predicted octanol–water partition coefficient (Wildman–Crippen LogP) is 3.13. The van der Waals surface area contributed by atoms with Crippen molar-refractivity contribution in [3.63, 3.8) is 0 Å². The number of carbonyl (C=O) groups is 2. The molecule has 2 amide bonds.